The third kappa shape index (κ3) is 6.67. The molecule has 4 rings (SSSR count). The summed E-state index contributed by atoms with van der Waals surface area (Å²) in [7, 11) is 3.35. The number of Topliss-reactive ketones (excluding diaryl/α,β-unsaturated/α-hetero) is 1. The fraction of sp³-hybridized carbons (Fsp3) is 0.276. The first-order valence-corrected chi connectivity index (χ1v) is 12.3. The van der Waals surface area contributed by atoms with Crippen LogP contribution in [0.3, 0.4) is 0 Å². The number of nitrogens with zero attached hydrogens (tertiary/aromatic N) is 2. The molecule has 0 aliphatic carbocycles. The Bertz CT molecular complexity index is 1280. The molecule has 198 valence electrons. The number of ketones is 1. The van der Waals surface area contributed by atoms with Gasteiger partial charge in [-0.3, -0.25) is 14.5 Å². The van der Waals surface area contributed by atoms with Gasteiger partial charge in [0.2, 0.25) is 5.91 Å². The lowest BCUT2D eigenvalue weighted by Gasteiger charge is -2.21. The molecule has 2 amide bonds. The smallest absolute Gasteiger partial charge is 0.414 e. The van der Waals surface area contributed by atoms with Crippen LogP contribution in [-0.4, -0.2) is 51.1 Å². The lowest BCUT2D eigenvalue weighted by atomic mass is 10.1. The van der Waals surface area contributed by atoms with Crippen LogP contribution in [0.5, 0.6) is 5.75 Å². The number of methoxy groups -OCH3 is 1. The van der Waals surface area contributed by atoms with E-state index in [9.17, 15) is 18.8 Å². The van der Waals surface area contributed by atoms with Gasteiger partial charge in [-0.05, 0) is 48.0 Å². The monoisotopic (exact) mass is 519 g/mol. The number of halogens is 1. The Morgan fingerprint density at radius 2 is 1.82 bits per heavy atom. The third-order valence-electron chi connectivity index (χ3n) is 6.31. The highest BCUT2D eigenvalue weighted by molar-refractivity contribution is 5.98. The van der Waals surface area contributed by atoms with E-state index in [-0.39, 0.29) is 37.6 Å². The first-order chi connectivity index (χ1) is 18.3. The molecule has 1 saturated heterocycles. The number of ether oxygens (including phenoxy) is 2. The van der Waals surface area contributed by atoms with Gasteiger partial charge in [-0.15, -0.1) is 0 Å². The van der Waals surface area contributed by atoms with Gasteiger partial charge in [0, 0.05) is 32.0 Å². The SMILES string of the molecule is COc1ccc(C(=O)CCC(=O)NCC2CN(c3ccc(N(C)Cc4ccccc4)c(F)c3)C(=O)O2)cc1. The van der Waals surface area contributed by atoms with Crippen molar-refractivity contribution in [3.8, 4) is 5.75 Å². The van der Waals surface area contributed by atoms with Crippen molar-refractivity contribution < 1.29 is 28.2 Å². The number of benzene rings is 3. The molecule has 9 heteroatoms. The summed E-state index contributed by atoms with van der Waals surface area (Å²) < 4.78 is 25.4. The highest BCUT2D eigenvalue weighted by Crippen LogP contribution is 2.28. The average Bonchev–Trinajstić information content (AvgIpc) is 3.31. The molecule has 0 bridgehead atoms. The van der Waals surface area contributed by atoms with Crippen molar-refractivity contribution in [1.82, 2.24) is 5.32 Å². The topological polar surface area (TPSA) is 88.2 Å². The number of cyclic esters (lactones) is 1. The average molecular weight is 520 g/mol. The van der Waals surface area contributed by atoms with E-state index in [0.29, 0.717) is 29.2 Å². The van der Waals surface area contributed by atoms with Gasteiger partial charge in [0.05, 0.1) is 31.6 Å². The Kier molecular flexibility index (Phi) is 8.58. The second kappa shape index (κ2) is 12.2. The summed E-state index contributed by atoms with van der Waals surface area (Å²) >= 11 is 0. The van der Waals surface area contributed by atoms with E-state index in [1.54, 1.807) is 55.5 Å². The minimum absolute atomic E-state index is 0.0123. The van der Waals surface area contributed by atoms with Gasteiger partial charge in [-0.2, -0.15) is 0 Å². The standard InChI is InChI=1S/C29H30FN3O5/c1-32(18-20-6-4-3-5-7-20)26-13-10-22(16-25(26)30)33-19-24(38-29(33)36)17-31-28(35)15-14-27(34)21-8-11-23(37-2)12-9-21/h3-13,16,24H,14-15,17-19H2,1-2H3,(H,31,35). The molecule has 1 fully saturated rings. The highest BCUT2D eigenvalue weighted by atomic mass is 19.1. The van der Waals surface area contributed by atoms with Gasteiger partial charge in [0.1, 0.15) is 17.7 Å². The molecule has 0 radical (unpaired) electrons. The molecule has 1 N–H and O–H groups in total. The number of amides is 2. The van der Waals surface area contributed by atoms with E-state index in [4.69, 9.17) is 9.47 Å². The van der Waals surface area contributed by atoms with Crippen molar-refractivity contribution in [3.63, 3.8) is 0 Å². The Hall–Kier alpha value is -4.40. The Morgan fingerprint density at radius 1 is 1.08 bits per heavy atom. The zero-order chi connectivity index (χ0) is 27.1. The van der Waals surface area contributed by atoms with Crippen molar-refractivity contribution in [3.05, 3.63) is 89.7 Å². The van der Waals surface area contributed by atoms with E-state index < -0.39 is 18.0 Å². The summed E-state index contributed by atoms with van der Waals surface area (Å²) in [5.41, 5.74) is 2.35. The zero-order valence-corrected chi connectivity index (χ0v) is 21.4. The Morgan fingerprint density at radius 3 is 2.50 bits per heavy atom. The van der Waals surface area contributed by atoms with Gasteiger partial charge < -0.3 is 19.7 Å². The van der Waals surface area contributed by atoms with Crippen molar-refractivity contribution >= 4 is 29.2 Å². The number of anilines is 2. The second-order valence-electron chi connectivity index (χ2n) is 9.05. The minimum atomic E-state index is -0.608. The van der Waals surface area contributed by atoms with E-state index in [1.807, 2.05) is 30.3 Å². The third-order valence-corrected chi connectivity index (χ3v) is 6.31. The fourth-order valence-electron chi connectivity index (χ4n) is 4.22. The molecular formula is C29H30FN3O5. The van der Waals surface area contributed by atoms with Crippen LogP contribution < -0.4 is 19.9 Å². The number of carbonyl (C=O) groups excluding carboxylic acids is 3. The predicted octanol–water partition coefficient (Wildman–Crippen LogP) is 4.58. The molecule has 38 heavy (non-hydrogen) atoms. The molecule has 1 unspecified atom stereocenters. The molecule has 0 aromatic heterocycles. The van der Waals surface area contributed by atoms with Crippen molar-refractivity contribution in [2.24, 2.45) is 0 Å². The van der Waals surface area contributed by atoms with E-state index >= 15 is 0 Å². The van der Waals surface area contributed by atoms with E-state index in [1.165, 1.54) is 11.0 Å². The lowest BCUT2D eigenvalue weighted by molar-refractivity contribution is -0.121. The summed E-state index contributed by atoms with van der Waals surface area (Å²) in [6.07, 6.45) is -1.13. The maximum atomic E-state index is 14.9. The molecule has 1 aliphatic heterocycles. The molecule has 1 aliphatic rings. The molecule has 8 nitrogen and oxygen atoms in total. The molecule has 3 aromatic rings. The van der Waals surface area contributed by atoms with Crippen LogP contribution in [0.25, 0.3) is 0 Å². The van der Waals surface area contributed by atoms with E-state index in [0.717, 1.165) is 5.56 Å². The minimum Gasteiger partial charge on any atom is -0.497 e. The van der Waals surface area contributed by atoms with Crippen molar-refractivity contribution in [2.45, 2.75) is 25.5 Å². The zero-order valence-electron chi connectivity index (χ0n) is 21.4. The van der Waals surface area contributed by atoms with Crippen molar-refractivity contribution in [1.29, 1.82) is 0 Å². The second-order valence-corrected chi connectivity index (χ2v) is 9.05. The summed E-state index contributed by atoms with van der Waals surface area (Å²) in [5, 5.41) is 2.71. The predicted molar refractivity (Wildman–Crippen MR) is 142 cm³/mol. The quantitative estimate of drug-likeness (QED) is 0.373. The first kappa shape index (κ1) is 26.7. The van der Waals surface area contributed by atoms with Gasteiger partial charge >= 0.3 is 6.09 Å². The van der Waals surface area contributed by atoms with Gasteiger partial charge in [0.15, 0.2) is 5.78 Å². The van der Waals surface area contributed by atoms with Crippen LogP contribution in [0.4, 0.5) is 20.6 Å². The number of nitrogens with one attached hydrogen (secondary N) is 1. The highest BCUT2D eigenvalue weighted by Gasteiger charge is 2.33. The summed E-state index contributed by atoms with van der Waals surface area (Å²) in [6.45, 7) is 0.803. The molecule has 1 heterocycles. The molecular weight excluding hydrogens is 489 g/mol. The normalized spacial score (nSPS) is 14.7. The fourth-order valence-corrected chi connectivity index (χ4v) is 4.22. The number of rotatable bonds is 11. The van der Waals surface area contributed by atoms with Gasteiger partial charge in [0.25, 0.3) is 0 Å². The number of carbonyl (C=O) groups is 3. The Labute approximate surface area is 221 Å². The van der Waals surface area contributed by atoms with Crippen LogP contribution in [-0.2, 0) is 16.1 Å². The van der Waals surface area contributed by atoms with Gasteiger partial charge in [-0.1, -0.05) is 30.3 Å². The molecule has 0 spiro atoms. The summed E-state index contributed by atoms with van der Waals surface area (Å²) in [6, 6.07) is 21.0. The van der Waals surface area contributed by atoms with Crippen molar-refractivity contribution in [2.75, 3.05) is 37.0 Å². The van der Waals surface area contributed by atoms with E-state index in [2.05, 4.69) is 5.32 Å². The maximum Gasteiger partial charge on any atom is 0.414 e. The van der Waals surface area contributed by atoms with Crippen LogP contribution in [0.15, 0.2) is 72.8 Å². The summed E-state index contributed by atoms with van der Waals surface area (Å²) in [5.74, 6) is -0.278. The molecule has 1 atom stereocenters. The van der Waals surface area contributed by atoms with Crippen LogP contribution in [0.2, 0.25) is 0 Å². The van der Waals surface area contributed by atoms with Gasteiger partial charge in [-0.25, -0.2) is 9.18 Å². The molecule has 3 aromatic carbocycles. The number of hydrogen-bond acceptors (Lipinski definition) is 6. The molecule has 0 saturated carbocycles. The largest absolute Gasteiger partial charge is 0.497 e. The lowest BCUT2D eigenvalue weighted by Crippen LogP contribution is -2.34. The first-order valence-electron chi connectivity index (χ1n) is 12.3. The maximum absolute atomic E-state index is 14.9. The van der Waals surface area contributed by atoms with Crippen LogP contribution >= 0.6 is 0 Å². The number of hydrogen-bond donors (Lipinski definition) is 1. The Balaban J connectivity index is 1.26. The van der Waals surface area contributed by atoms with Crippen LogP contribution in [0, 0.1) is 5.82 Å². The van der Waals surface area contributed by atoms with Crippen LogP contribution in [0.1, 0.15) is 28.8 Å². The summed E-state index contributed by atoms with van der Waals surface area (Å²) in [4.78, 5) is 40.1.